The minimum atomic E-state index is -0.166. The zero-order valence-corrected chi connectivity index (χ0v) is 15.3. The van der Waals surface area contributed by atoms with Crippen LogP contribution in [0.4, 0.5) is 11.5 Å². The summed E-state index contributed by atoms with van der Waals surface area (Å²) in [6.07, 6.45) is 3.64. The van der Waals surface area contributed by atoms with Crippen LogP contribution < -0.4 is 15.5 Å². The number of aromatic nitrogens is 1. The number of carbonyl (C=O) groups is 2. The number of anilines is 2. The van der Waals surface area contributed by atoms with E-state index in [1.165, 1.54) is 0 Å². The third-order valence-electron chi connectivity index (χ3n) is 4.43. The first-order chi connectivity index (χ1) is 12.5. The minimum Gasteiger partial charge on any atom is -0.362 e. The zero-order chi connectivity index (χ0) is 18.7. The summed E-state index contributed by atoms with van der Waals surface area (Å²) in [5, 5.41) is 5.92. The second kappa shape index (κ2) is 7.56. The summed E-state index contributed by atoms with van der Waals surface area (Å²) in [4.78, 5) is 30.5. The molecular weight excluding hydrogens is 328 g/mol. The molecule has 6 heteroatoms. The highest BCUT2D eigenvalue weighted by molar-refractivity contribution is 5.99. The summed E-state index contributed by atoms with van der Waals surface area (Å²) in [5.41, 5.74) is 2.29. The maximum absolute atomic E-state index is 12.6. The fourth-order valence-electron chi connectivity index (χ4n) is 2.73. The summed E-state index contributed by atoms with van der Waals surface area (Å²) in [6.45, 7) is 1.93. The summed E-state index contributed by atoms with van der Waals surface area (Å²) in [7, 11) is 3.72. The normalized spacial score (nSPS) is 14.4. The van der Waals surface area contributed by atoms with Crippen LogP contribution in [0.25, 0.3) is 0 Å². The zero-order valence-electron chi connectivity index (χ0n) is 15.3. The molecule has 0 bridgehead atoms. The Hall–Kier alpha value is -2.89. The van der Waals surface area contributed by atoms with Gasteiger partial charge in [-0.1, -0.05) is 12.1 Å². The first kappa shape index (κ1) is 17.9. The molecule has 136 valence electrons. The molecule has 1 aromatic carbocycles. The Bertz CT molecular complexity index is 798. The molecule has 0 saturated heterocycles. The molecule has 3 rings (SSSR count). The van der Waals surface area contributed by atoms with Crippen molar-refractivity contribution in [2.45, 2.75) is 25.8 Å². The van der Waals surface area contributed by atoms with E-state index in [1.54, 1.807) is 18.3 Å². The average molecular weight is 352 g/mol. The Morgan fingerprint density at radius 3 is 2.46 bits per heavy atom. The second-order valence-corrected chi connectivity index (χ2v) is 6.85. The van der Waals surface area contributed by atoms with Gasteiger partial charge in [0.1, 0.15) is 5.82 Å². The lowest BCUT2D eigenvalue weighted by Gasteiger charge is -2.18. The number of hydrogen-bond acceptors (Lipinski definition) is 4. The molecular formula is C20H24N4O2. The first-order valence-electron chi connectivity index (χ1n) is 8.79. The van der Waals surface area contributed by atoms with Crippen LogP contribution in [0.2, 0.25) is 0 Å². The predicted molar refractivity (Wildman–Crippen MR) is 102 cm³/mol. The monoisotopic (exact) mass is 352 g/mol. The van der Waals surface area contributed by atoms with Gasteiger partial charge in [0.15, 0.2) is 0 Å². The molecule has 1 fully saturated rings. The fraction of sp³-hybridized carbons (Fsp3) is 0.350. The van der Waals surface area contributed by atoms with E-state index in [2.05, 4.69) is 15.6 Å². The van der Waals surface area contributed by atoms with Crippen molar-refractivity contribution >= 4 is 23.3 Å². The molecule has 1 aliphatic rings. The molecule has 1 saturated carbocycles. The van der Waals surface area contributed by atoms with Gasteiger partial charge in [-0.05, 0) is 49.6 Å². The van der Waals surface area contributed by atoms with Gasteiger partial charge < -0.3 is 15.5 Å². The van der Waals surface area contributed by atoms with Crippen LogP contribution in [0.5, 0.6) is 0 Å². The molecule has 0 aliphatic heterocycles. The largest absolute Gasteiger partial charge is 0.362 e. The predicted octanol–water partition coefficient (Wildman–Crippen LogP) is 2.99. The van der Waals surface area contributed by atoms with E-state index >= 15 is 0 Å². The number of nitrogens with one attached hydrogen (secondary N) is 2. The third kappa shape index (κ3) is 4.20. The van der Waals surface area contributed by atoms with E-state index in [1.807, 2.05) is 50.2 Å². The number of rotatable bonds is 6. The Kier molecular flexibility index (Phi) is 5.21. The molecule has 1 aliphatic carbocycles. The van der Waals surface area contributed by atoms with Gasteiger partial charge in [-0.2, -0.15) is 0 Å². The number of hydrogen-bond donors (Lipinski definition) is 2. The highest BCUT2D eigenvalue weighted by atomic mass is 16.2. The molecule has 0 radical (unpaired) electrons. The number of pyridine rings is 1. The summed E-state index contributed by atoms with van der Waals surface area (Å²) >= 11 is 0. The standard InChI is InChI=1S/C20H24N4O2/c1-13(22-20(26)17-5-4-12-21-18(17)24(2)3)14-8-10-16(11-9-14)23-19(25)15-6-7-15/h4-5,8-13,15H,6-7H2,1-3H3,(H,22,26)(H,23,25). The number of amides is 2. The molecule has 1 heterocycles. The van der Waals surface area contributed by atoms with Crippen molar-refractivity contribution < 1.29 is 9.59 Å². The van der Waals surface area contributed by atoms with Gasteiger partial charge in [-0.15, -0.1) is 0 Å². The molecule has 1 aromatic heterocycles. The van der Waals surface area contributed by atoms with E-state index in [9.17, 15) is 9.59 Å². The van der Waals surface area contributed by atoms with Crippen molar-refractivity contribution in [3.8, 4) is 0 Å². The van der Waals surface area contributed by atoms with Crippen LogP contribution in [0.15, 0.2) is 42.6 Å². The molecule has 2 N–H and O–H groups in total. The number of benzene rings is 1. The molecule has 2 aromatic rings. The quantitative estimate of drug-likeness (QED) is 0.838. The summed E-state index contributed by atoms with van der Waals surface area (Å²) in [5.74, 6) is 0.737. The van der Waals surface area contributed by atoms with Crippen LogP contribution >= 0.6 is 0 Å². The lowest BCUT2D eigenvalue weighted by Crippen LogP contribution is -2.28. The third-order valence-corrected chi connectivity index (χ3v) is 4.43. The maximum atomic E-state index is 12.6. The molecule has 26 heavy (non-hydrogen) atoms. The second-order valence-electron chi connectivity index (χ2n) is 6.85. The minimum absolute atomic E-state index is 0.0897. The van der Waals surface area contributed by atoms with Crippen molar-refractivity contribution in [3.63, 3.8) is 0 Å². The lowest BCUT2D eigenvalue weighted by atomic mass is 10.1. The SMILES string of the molecule is CC(NC(=O)c1cccnc1N(C)C)c1ccc(NC(=O)C2CC2)cc1. The van der Waals surface area contributed by atoms with Crippen LogP contribution in [-0.2, 0) is 4.79 Å². The van der Waals surface area contributed by atoms with E-state index < -0.39 is 0 Å². The fourth-order valence-corrected chi connectivity index (χ4v) is 2.73. The van der Waals surface area contributed by atoms with Gasteiger partial charge in [0.05, 0.1) is 11.6 Å². The van der Waals surface area contributed by atoms with Crippen molar-refractivity contribution in [2.24, 2.45) is 5.92 Å². The maximum Gasteiger partial charge on any atom is 0.255 e. The van der Waals surface area contributed by atoms with Crippen molar-refractivity contribution in [3.05, 3.63) is 53.7 Å². The van der Waals surface area contributed by atoms with Gasteiger partial charge in [-0.25, -0.2) is 4.98 Å². The van der Waals surface area contributed by atoms with E-state index in [4.69, 9.17) is 0 Å². The van der Waals surface area contributed by atoms with Gasteiger partial charge in [0.2, 0.25) is 5.91 Å². The highest BCUT2D eigenvalue weighted by Crippen LogP contribution is 2.30. The Morgan fingerprint density at radius 2 is 1.85 bits per heavy atom. The number of carbonyl (C=O) groups excluding carboxylic acids is 2. The van der Waals surface area contributed by atoms with E-state index in [0.29, 0.717) is 11.4 Å². The van der Waals surface area contributed by atoms with Crippen LogP contribution in [0.3, 0.4) is 0 Å². The van der Waals surface area contributed by atoms with Gasteiger partial charge in [0.25, 0.3) is 5.91 Å². The summed E-state index contributed by atoms with van der Waals surface area (Å²) in [6, 6.07) is 10.9. The first-order valence-corrected chi connectivity index (χ1v) is 8.79. The van der Waals surface area contributed by atoms with Gasteiger partial charge in [-0.3, -0.25) is 9.59 Å². The Balaban J connectivity index is 1.65. The molecule has 1 unspecified atom stereocenters. The van der Waals surface area contributed by atoms with Crippen molar-refractivity contribution in [1.29, 1.82) is 0 Å². The smallest absolute Gasteiger partial charge is 0.255 e. The number of nitrogens with zero attached hydrogens (tertiary/aromatic N) is 2. The van der Waals surface area contributed by atoms with Crippen LogP contribution in [0, 0.1) is 5.92 Å². The lowest BCUT2D eigenvalue weighted by molar-refractivity contribution is -0.117. The molecule has 0 spiro atoms. The molecule has 1 atom stereocenters. The van der Waals surface area contributed by atoms with Gasteiger partial charge >= 0.3 is 0 Å². The molecule has 6 nitrogen and oxygen atoms in total. The van der Waals surface area contributed by atoms with Gasteiger partial charge in [0, 0.05) is 31.9 Å². The Morgan fingerprint density at radius 1 is 1.15 bits per heavy atom. The molecule has 2 amide bonds. The topological polar surface area (TPSA) is 74.3 Å². The highest BCUT2D eigenvalue weighted by Gasteiger charge is 2.29. The summed E-state index contributed by atoms with van der Waals surface area (Å²) < 4.78 is 0. The van der Waals surface area contributed by atoms with Crippen LogP contribution in [-0.4, -0.2) is 30.9 Å². The van der Waals surface area contributed by atoms with Crippen LogP contribution in [0.1, 0.15) is 41.7 Å². The average Bonchev–Trinajstić information content (AvgIpc) is 3.47. The van der Waals surface area contributed by atoms with E-state index in [-0.39, 0.29) is 23.8 Å². The van der Waals surface area contributed by atoms with Crippen molar-refractivity contribution in [1.82, 2.24) is 10.3 Å². The van der Waals surface area contributed by atoms with Crippen molar-refractivity contribution in [2.75, 3.05) is 24.3 Å². The van der Waals surface area contributed by atoms with E-state index in [0.717, 1.165) is 24.1 Å². The Labute approximate surface area is 153 Å².